The molecule has 0 fully saturated rings. The fraction of sp³-hybridized carbons (Fsp3) is 0.240. The van der Waals surface area contributed by atoms with Crippen molar-refractivity contribution in [3.63, 3.8) is 0 Å². The van der Waals surface area contributed by atoms with Gasteiger partial charge in [-0.15, -0.1) is 0 Å². The van der Waals surface area contributed by atoms with Crippen LogP contribution in [0.4, 0.5) is 11.4 Å². The highest BCUT2D eigenvalue weighted by Crippen LogP contribution is 2.29. The Morgan fingerprint density at radius 3 is 2.09 bits per heavy atom. The molecule has 0 saturated heterocycles. The van der Waals surface area contributed by atoms with Crippen molar-refractivity contribution >= 4 is 27.3 Å². The van der Waals surface area contributed by atoms with E-state index >= 15 is 0 Å². The Bertz CT molecular complexity index is 1230. The van der Waals surface area contributed by atoms with E-state index in [0.29, 0.717) is 13.0 Å². The lowest BCUT2D eigenvalue weighted by molar-refractivity contribution is -0.384. The van der Waals surface area contributed by atoms with E-state index in [1.54, 1.807) is 0 Å². The maximum Gasteiger partial charge on any atom is 0.293 e. The summed E-state index contributed by atoms with van der Waals surface area (Å²) in [4.78, 5) is 22.9. The second-order valence-corrected chi connectivity index (χ2v) is 10.0. The number of hydrogen-bond acceptors (Lipinski definition) is 6. The SMILES string of the molecule is CNc1ccc(S(=O)(=O)N(C)CC(=O)NCCC(c2ccccc2)c2ccccc2)cc1[N+](=O)[O-]. The minimum atomic E-state index is -4.10. The molecule has 0 aromatic heterocycles. The average Bonchev–Trinajstić information content (AvgIpc) is 2.87. The topological polar surface area (TPSA) is 122 Å². The zero-order valence-corrected chi connectivity index (χ0v) is 20.4. The number of benzene rings is 3. The number of hydrogen-bond donors (Lipinski definition) is 2. The van der Waals surface area contributed by atoms with Crippen LogP contribution in [0.15, 0.2) is 83.8 Å². The molecule has 0 aliphatic heterocycles. The number of amides is 1. The summed E-state index contributed by atoms with van der Waals surface area (Å²) in [6.45, 7) is -0.0607. The molecule has 3 aromatic carbocycles. The number of likely N-dealkylation sites (N-methyl/N-ethyl adjacent to an activating group) is 1. The predicted octanol–water partition coefficient (Wildman–Crippen LogP) is 3.60. The third-order valence-corrected chi connectivity index (χ3v) is 7.47. The van der Waals surface area contributed by atoms with Gasteiger partial charge in [0.05, 0.1) is 16.4 Å². The summed E-state index contributed by atoms with van der Waals surface area (Å²) >= 11 is 0. The van der Waals surface area contributed by atoms with Crippen molar-refractivity contribution in [3.05, 3.63) is 100 Å². The Morgan fingerprint density at radius 1 is 1.00 bits per heavy atom. The van der Waals surface area contributed by atoms with Crippen molar-refractivity contribution < 1.29 is 18.1 Å². The normalized spacial score (nSPS) is 11.4. The molecule has 35 heavy (non-hydrogen) atoms. The number of rotatable bonds is 11. The molecule has 2 N–H and O–H groups in total. The van der Waals surface area contributed by atoms with Crippen LogP contribution in [0.25, 0.3) is 0 Å². The summed E-state index contributed by atoms with van der Waals surface area (Å²) in [6, 6.07) is 23.5. The smallest absolute Gasteiger partial charge is 0.293 e. The Kier molecular flexibility index (Phi) is 8.56. The Morgan fingerprint density at radius 2 is 1.57 bits per heavy atom. The largest absolute Gasteiger partial charge is 0.383 e. The van der Waals surface area contributed by atoms with E-state index < -0.39 is 27.4 Å². The van der Waals surface area contributed by atoms with Gasteiger partial charge in [-0.1, -0.05) is 60.7 Å². The molecule has 0 radical (unpaired) electrons. The molecule has 0 unspecified atom stereocenters. The first-order chi connectivity index (χ1) is 16.7. The summed E-state index contributed by atoms with van der Waals surface area (Å²) < 4.78 is 26.7. The van der Waals surface area contributed by atoms with E-state index in [4.69, 9.17) is 0 Å². The van der Waals surface area contributed by atoms with Crippen molar-refractivity contribution in [2.45, 2.75) is 17.2 Å². The molecule has 9 nitrogen and oxygen atoms in total. The van der Waals surface area contributed by atoms with E-state index in [1.165, 1.54) is 26.2 Å². The van der Waals surface area contributed by atoms with Crippen molar-refractivity contribution in [1.82, 2.24) is 9.62 Å². The number of nitrogens with one attached hydrogen (secondary N) is 2. The highest BCUT2D eigenvalue weighted by atomic mass is 32.2. The highest BCUT2D eigenvalue weighted by Gasteiger charge is 2.26. The molecule has 0 spiro atoms. The molecule has 0 aliphatic rings. The maximum absolute atomic E-state index is 12.9. The highest BCUT2D eigenvalue weighted by molar-refractivity contribution is 7.89. The summed E-state index contributed by atoms with van der Waals surface area (Å²) in [5.74, 6) is -0.386. The van der Waals surface area contributed by atoms with Crippen LogP contribution in [0.1, 0.15) is 23.5 Å². The predicted molar refractivity (Wildman–Crippen MR) is 135 cm³/mol. The number of nitrogens with zero attached hydrogens (tertiary/aromatic N) is 2. The van der Waals surface area contributed by atoms with Crippen molar-refractivity contribution in [3.8, 4) is 0 Å². The zero-order chi connectivity index (χ0) is 25.4. The van der Waals surface area contributed by atoms with Crippen molar-refractivity contribution in [2.24, 2.45) is 0 Å². The summed E-state index contributed by atoms with van der Waals surface area (Å²) in [6.07, 6.45) is 0.633. The third-order valence-electron chi connectivity index (χ3n) is 5.67. The van der Waals surface area contributed by atoms with Crippen LogP contribution in [-0.2, 0) is 14.8 Å². The van der Waals surface area contributed by atoms with Gasteiger partial charge in [0.1, 0.15) is 5.69 Å². The molecule has 0 saturated carbocycles. The first-order valence-corrected chi connectivity index (χ1v) is 12.5. The first-order valence-electron chi connectivity index (χ1n) is 11.0. The number of carbonyl (C=O) groups is 1. The van der Waals surface area contributed by atoms with Crippen LogP contribution >= 0.6 is 0 Å². The van der Waals surface area contributed by atoms with Gasteiger partial charge in [-0.25, -0.2) is 8.42 Å². The monoisotopic (exact) mass is 496 g/mol. The molecule has 10 heteroatoms. The van der Waals surface area contributed by atoms with E-state index in [-0.39, 0.29) is 22.2 Å². The van der Waals surface area contributed by atoms with Crippen LogP contribution in [0.2, 0.25) is 0 Å². The molecule has 3 rings (SSSR count). The van der Waals surface area contributed by atoms with Crippen LogP contribution in [0.3, 0.4) is 0 Å². The van der Waals surface area contributed by atoms with Gasteiger partial charge in [0.2, 0.25) is 15.9 Å². The number of nitro benzene ring substituents is 1. The van der Waals surface area contributed by atoms with E-state index in [1.807, 2.05) is 60.7 Å². The molecule has 1 amide bonds. The van der Waals surface area contributed by atoms with E-state index in [9.17, 15) is 23.3 Å². The van der Waals surface area contributed by atoms with Gasteiger partial charge in [0.15, 0.2) is 0 Å². The van der Waals surface area contributed by atoms with Gasteiger partial charge in [-0.3, -0.25) is 14.9 Å². The van der Waals surface area contributed by atoms with Gasteiger partial charge >= 0.3 is 0 Å². The van der Waals surface area contributed by atoms with E-state index in [0.717, 1.165) is 21.5 Å². The van der Waals surface area contributed by atoms with Crippen LogP contribution in [0, 0.1) is 10.1 Å². The van der Waals surface area contributed by atoms with Crippen molar-refractivity contribution in [1.29, 1.82) is 0 Å². The number of carbonyl (C=O) groups excluding carboxylic acids is 1. The lowest BCUT2D eigenvalue weighted by atomic mass is 9.88. The summed E-state index contributed by atoms with van der Waals surface area (Å²) in [7, 11) is -1.33. The average molecular weight is 497 g/mol. The van der Waals surface area contributed by atoms with Gasteiger partial charge in [0, 0.05) is 32.6 Å². The number of anilines is 1. The molecule has 0 heterocycles. The molecular formula is C25H28N4O5S. The van der Waals surface area contributed by atoms with Crippen LogP contribution in [0.5, 0.6) is 0 Å². The molecular weight excluding hydrogens is 468 g/mol. The van der Waals surface area contributed by atoms with Crippen LogP contribution < -0.4 is 10.6 Å². The first kappa shape index (κ1) is 25.9. The van der Waals surface area contributed by atoms with E-state index in [2.05, 4.69) is 10.6 Å². The minimum Gasteiger partial charge on any atom is -0.383 e. The van der Waals surface area contributed by atoms with Crippen LogP contribution in [-0.4, -0.2) is 50.7 Å². The van der Waals surface area contributed by atoms with Gasteiger partial charge in [-0.05, 0) is 29.7 Å². The molecule has 184 valence electrons. The Labute approximate surface area is 205 Å². The fourth-order valence-electron chi connectivity index (χ4n) is 3.81. The van der Waals surface area contributed by atoms with Gasteiger partial charge in [-0.2, -0.15) is 4.31 Å². The second-order valence-electron chi connectivity index (χ2n) is 7.96. The fourth-order valence-corrected chi connectivity index (χ4v) is 4.96. The molecule has 3 aromatic rings. The third kappa shape index (κ3) is 6.43. The summed E-state index contributed by atoms with van der Waals surface area (Å²) in [5.41, 5.74) is 2.08. The Hall–Kier alpha value is -3.76. The maximum atomic E-state index is 12.9. The second kappa shape index (κ2) is 11.6. The lowest BCUT2D eigenvalue weighted by Gasteiger charge is -2.20. The number of nitro groups is 1. The standard InChI is InChI=1S/C25H28N4O5S/c1-26-23-14-13-21(17-24(23)29(31)32)35(33,34)28(2)18-25(30)27-16-15-22(19-9-5-3-6-10-19)20-11-7-4-8-12-20/h3-14,17,22,26H,15-16,18H2,1-2H3,(H,27,30). The van der Waals surface area contributed by atoms with Crippen molar-refractivity contribution in [2.75, 3.05) is 32.5 Å². The van der Waals surface area contributed by atoms with Gasteiger partial charge < -0.3 is 10.6 Å². The molecule has 0 aliphatic carbocycles. The minimum absolute atomic E-state index is 0.0744. The van der Waals surface area contributed by atoms with Gasteiger partial charge in [0.25, 0.3) is 5.69 Å². The zero-order valence-electron chi connectivity index (χ0n) is 19.5. The molecule has 0 atom stereocenters. The number of sulfonamides is 1. The summed E-state index contributed by atoms with van der Waals surface area (Å²) in [5, 5.41) is 16.7. The molecule has 0 bridgehead atoms. The quantitative estimate of drug-likeness (QED) is 0.309. The Balaban J connectivity index is 1.64. The lowest BCUT2D eigenvalue weighted by Crippen LogP contribution is -2.38.